The van der Waals surface area contributed by atoms with Gasteiger partial charge in [-0.3, -0.25) is 9.78 Å². The van der Waals surface area contributed by atoms with Gasteiger partial charge in [0.25, 0.3) is 11.8 Å². The molecule has 144 valence electrons. The lowest BCUT2D eigenvalue weighted by molar-refractivity contribution is -0.0283. The smallest absolute Gasteiger partial charge is 0.290 e. The van der Waals surface area contributed by atoms with Crippen molar-refractivity contribution >= 4 is 5.91 Å². The average Bonchev–Trinajstić information content (AvgIpc) is 3.28. The molecule has 0 radical (unpaired) electrons. The van der Waals surface area contributed by atoms with Crippen LogP contribution >= 0.6 is 0 Å². The molecular weight excluding hydrogens is 356 g/mol. The van der Waals surface area contributed by atoms with Gasteiger partial charge in [-0.15, -0.1) is 0 Å². The summed E-state index contributed by atoms with van der Waals surface area (Å²) in [6, 6.07) is 0. The first kappa shape index (κ1) is 18.0. The third-order valence-corrected chi connectivity index (χ3v) is 5.47. The number of hydrogen-bond acceptors (Lipinski definition) is 5. The van der Waals surface area contributed by atoms with Crippen molar-refractivity contribution in [3.63, 3.8) is 0 Å². The number of hydrogen-bond donors (Lipinski definition) is 2. The van der Waals surface area contributed by atoms with E-state index in [1.807, 2.05) is 0 Å². The molecule has 0 aliphatic heterocycles. The minimum atomic E-state index is -3.10. The van der Waals surface area contributed by atoms with Gasteiger partial charge in [0.1, 0.15) is 5.69 Å². The molecule has 2 N–H and O–H groups in total. The van der Waals surface area contributed by atoms with Gasteiger partial charge >= 0.3 is 0 Å². The number of aliphatic hydroxyl groups is 1. The predicted molar refractivity (Wildman–Crippen MR) is 91.7 cm³/mol. The van der Waals surface area contributed by atoms with Gasteiger partial charge in [0.15, 0.2) is 11.5 Å². The molecule has 7 nitrogen and oxygen atoms in total. The van der Waals surface area contributed by atoms with E-state index in [-0.39, 0.29) is 42.2 Å². The minimum absolute atomic E-state index is 0.0187. The highest BCUT2D eigenvalue weighted by Crippen LogP contribution is 2.42. The molecule has 2 aliphatic rings. The normalized spacial score (nSPS) is 20.3. The van der Waals surface area contributed by atoms with Crippen LogP contribution < -0.4 is 5.32 Å². The van der Waals surface area contributed by atoms with E-state index in [1.165, 1.54) is 18.6 Å². The van der Waals surface area contributed by atoms with E-state index >= 15 is 0 Å². The van der Waals surface area contributed by atoms with E-state index in [0.29, 0.717) is 19.3 Å². The summed E-state index contributed by atoms with van der Waals surface area (Å²) in [7, 11) is 0. The number of nitrogens with one attached hydrogen (secondary N) is 1. The number of alkyl halides is 2. The topological polar surface area (TPSA) is 92.9 Å². The predicted octanol–water partition coefficient (Wildman–Crippen LogP) is 2.13. The summed E-state index contributed by atoms with van der Waals surface area (Å²) in [5.41, 5.74) is -0.753. The number of rotatable bonds is 4. The van der Waals surface area contributed by atoms with E-state index < -0.39 is 17.4 Å². The van der Waals surface area contributed by atoms with Crippen molar-refractivity contribution in [3.8, 4) is 5.82 Å². The zero-order valence-corrected chi connectivity index (χ0v) is 14.8. The summed E-state index contributed by atoms with van der Waals surface area (Å²) >= 11 is 0. The number of aromatic nitrogens is 4. The van der Waals surface area contributed by atoms with Crippen LogP contribution in [0.3, 0.4) is 0 Å². The van der Waals surface area contributed by atoms with Gasteiger partial charge in [0.05, 0.1) is 18.3 Å². The van der Waals surface area contributed by atoms with Crippen LogP contribution in [0.5, 0.6) is 0 Å². The lowest BCUT2D eigenvalue weighted by atomic mass is 9.91. The van der Waals surface area contributed by atoms with Gasteiger partial charge in [-0.05, 0) is 25.7 Å². The summed E-state index contributed by atoms with van der Waals surface area (Å²) in [4.78, 5) is 20.9. The monoisotopic (exact) mass is 377 g/mol. The zero-order valence-electron chi connectivity index (χ0n) is 14.8. The maximum Gasteiger partial charge on any atom is 0.290 e. The molecule has 9 heteroatoms. The Morgan fingerprint density at radius 3 is 2.67 bits per heavy atom. The molecular formula is C18H21F2N5O2. The van der Waals surface area contributed by atoms with Gasteiger partial charge in [0.2, 0.25) is 0 Å². The van der Waals surface area contributed by atoms with Crippen LogP contribution in [-0.2, 0) is 12.3 Å². The summed E-state index contributed by atoms with van der Waals surface area (Å²) in [6.07, 6.45) is 7.64. The molecule has 0 unspecified atom stereocenters. The molecule has 0 spiro atoms. The SMILES string of the molecule is O=C(NC1(CO)CCCC1)c1nn(-c2cnccn2)c2c1CCCC2(F)F. The van der Waals surface area contributed by atoms with Crippen LogP contribution in [0.2, 0.25) is 0 Å². The molecule has 2 aromatic rings. The average molecular weight is 377 g/mol. The van der Waals surface area contributed by atoms with Crippen LogP contribution in [0, 0.1) is 0 Å². The fourth-order valence-electron chi connectivity index (χ4n) is 4.09. The minimum Gasteiger partial charge on any atom is -0.394 e. The van der Waals surface area contributed by atoms with Gasteiger partial charge in [-0.25, -0.2) is 9.67 Å². The lowest BCUT2D eigenvalue weighted by Crippen LogP contribution is -2.49. The van der Waals surface area contributed by atoms with Gasteiger partial charge in [0, 0.05) is 24.4 Å². The van der Waals surface area contributed by atoms with Gasteiger partial charge in [-0.2, -0.15) is 13.9 Å². The zero-order chi connectivity index (χ0) is 19.1. The largest absolute Gasteiger partial charge is 0.394 e. The Hall–Kier alpha value is -2.42. The van der Waals surface area contributed by atoms with E-state index in [1.54, 1.807) is 0 Å². The molecule has 0 saturated heterocycles. The molecule has 2 aliphatic carbocycles. The highest BCUT2D eigenvalue weighted by atomic mass is 19.3. The Morgan fingerprint density at radius 2 is 2.00 bits per heavy atom. The summed E-state index contributed by atoms with van der Waals surface area (Å²) in [6.45, 7) is -0.179. The molecule has 0 bridgehead atoms. The first-order chi connectivity index (χ1) is 13.0. The molecule has 1 amide bonds. The molecule has 2 heterocycles. The molecule has 27 heavy (non-hydrogen) atoms. The molecule has 0 aromatic carbocycles. The lowest BCUT2D eigenvalue weighted by Gasteiger charge is -2.28. The summed E-state index contributed by atoms with van der Waals surface area (Å²) in [5, 5.41) is 16.8. The molecule has 1 fully saturated rings. The quantitative estimate of drug-likeness (QED) is 0.851. The van der Waals surface area contributed by atoms with E-state index in [9.17, 15) is 18.7 Å². The third-order valence-electron chi connectivity index (χ3n) is 5.47. The molecule has 1 saturated carbocycles. The maximum atomic E-state index is 14.7. The van der Waals surface area contributed by atoms with Crippen LogP contribution in [0.15, 0.2) is 18.6 Å². The number of carbonyl (C=O) groups excluding carboxylic acids is 1. The second-order valence-electron chi connectivity index (χ2n) is 7.31. The highest BCUT2D eigenvalue weighted by molar-refractivity contribution is 5.94. The second-order valence-corrected chi connectivity index (χ2v) is 7.31. The fraction of sp³-hybridized carbons (Fsp3) is 0.556. The Balaban J connectivity index is 1.78. The van der Waals surface area contributed by atoms with Crippen molar-refractivity contribution in [2.75, 3.05) is 6.61 Å². The standard InChI is InChI=1S/C18H21F2N5O2/c19-18(20)7-3-4-12-14(16(27)23-17(11-26)5-1-2-6-17)24-25(15(12)18)13-10-21-8-9-22-13/h8-10,26H,1-7,11H2,(H,23,27). The van der Waals surface area contributed by atoms with E-state index in [4.69, 9.17) is 0 Å². The van der Waals surface area contributed by atoms with E-state index in [0.717, 1.165) is 17.5 Å². The van der Waals surface area contributed by atoms with Crippen molar-refractivity contribution in [2.24, 2.45) is 0 Å². The van der Waals surface area contributed by atoms with Crippen molar-refractivity contribution in [3.05, 3.63) is 35.5 Å². The van der Waals surface area contributed by atoms with Gasteiger partial charge < -0.3 is 10.4 Å². The second kappa shape index (κ2) is 6.63. The Morgan fingerprint density at radius 1 is 1.22 bits per heavy atom. The van der Waals surface area contributed by atoms with Crippen LogP contribution in [-0.4, -0.2) is 42.9 Å². The van der Waals surface area contributed by atoms with Crippen LogP contribution in [0.1, 0.15) is 60.3 Å². The highest BCUT2D eigenvalue weighted by Gasteiger charge is 2.45. The van der Waals surface area contributed by atoms with Gasteiger partial charge in [-0.1, -0.05) is 12.8 Å². The third kappa shape index (κ3) is 3.09. The van der Waals surface area contributed by atoms with Crippen molar-refractivity contribution in [1.82, 2.24) is 25.1 Å². The number of nitrogens with zero attached hydrogens (tertiary/aromatic N) is 4. The first-order valence-electron chi connectivity index (χ1n) is 9.16. The number of amides is 1. The number of aliphatic hydroxyl groups excluding tert-OH is 1. The fourth-order valence-corrected chi connectivity index (χ4v) is 4.09. The Kier molecular flexibility index (Phi) is 4.41. The molecule has 0 atom stereocenters. The maximum absolute atomic E-state index is 14.7. The van der Waals surface area contributed by atoms with Crippen LogP contribution in [0.4, 0.5) is 8.78 Å². The number of halogens is 2. The van der Waals surface area contributed by atoms with Crippen molar-refractivity contribution in [2.45, 2.75) is 56.4 Å². The number of fused-ring (bicyclic) bond motifs is 1. The Bertz CT molecular complexity index is 847. The summed E-state index contributed by atoms with van der Waals surface area (Å²) in [5.74, 6) is -3.48. The Labute approximate surface area is 154 Å². The molecule has 2 aromatic heterocycles. The van der Waals surface area contributed by atoms with E-state index in [2.05, 4.69) is 20.4 Å². The molecule has 4 rings (SSSR count). The van der Waals surface area contributed by atoms with Crippen molar-refractivity contribution in [1.29, 1.82) is 0 Å². The first-order valence-corrected chi connectivity index (χ1v) is 9.16. The number of carbonyl (C=O) groups is 1. The van der Waals surface area contributed by atoms with Crippen LogP contribution in [0.25, 0.3) is 5.82 Å². The van der Waals surface area contributed by atoms with Crippen molar-refractivity contribution < 1.29 is 18.7 Å². The summed E-state index contributed by atoms with van der Waals surface area (Å²) < 4.78 is 30.4.